The highest BCUT2D eigenvalue weighted by atomic mass is 32.1. The van der Waals surface area contributed by atoms with E-state index in [0.29, 0.717) is 18.1 Å². The van der Waals surface area contributed by atoms with Crippen LogP contribution in [0.1, 0.15) is 34.7 Å². The molecule has 0 spiro atoms. The molecule has 0 bridgehead atoms. The summed E-state index contributed by atoms with van der Waals surface area (Å²) in [5.74, 6) is 0.458. The second-order valence-electron chi connectivity index (χ2n) is 6.74. The van der Waals surface area contributed by atoms with Crippen LogP contribution in [0.15, 0.2) is 30.3 Å². The first-order valence-electron chi connectivity index (χ1n) is 8.94. The SMILES string of the molecule is Cc1nc(N[C@@H](Cc2ccccc2)C(=O)O)c2c3c(sc2n1)CCCC3. The highest BCUT2D eigenvalue weighted by molar-refractivity contribution is 7.19. The summed E-state index contributed by atoms with van der Waals surface area (Å²) < 4.78 is 0. The second kappa shape index (κ2) is 7.03. The summed E-state index contributed by atoms with van der Waals surface area (Å²) in [6.07, 6.45) is 4.89. The quantitative estimate of drug-likeness (QED) is 0.713. The summed E-state index contributed by atoms with van der Waals surface area (Å²) in [4.78, 5) is 23.4. The molecule has 6 heteroatoms. The molecule has 0 amide bonds. The fourth-order valence-electron chi connectivity index (χ4n) is 3.58. The third-order valence-corrected chi connectivity index (χ3v) is 6.00. The number of nitrogens with one attached hydrogen (secondary N) is 1. The van der Waals surface area contributed by atoms with Gasteiger partial charge in [0, 0.05) is 11.3 Å². The number of carboxylic acids is 1. The molecule has 0 saturated carbocycles. The first-order valence-corrected chi connectivity index (χ1v) is 9.75. The van der Waals surface area contributed by atoms with Crippen molar-refractivity contribution in [2.45, 2.75) is 45.1 Å². The number of aryl methyl sites for hydroxylation is 3. The Bertz CT molecular complexity index is 953. The zero-order valence-electron chi connectivity index (χ0n) is 14.7. The molecule has 0 unspecified atom stereocenters. The standard InChI is InChI=1S/C20H21N3O2S/c1-12-21-18(17-14-9-5-6-10-16(14)26-19(17)22-12)23-15(20(24)25)11-13-7-3-2-4-8-13/h2-4,7-8,15H,5-6,9-11H2,1H3,(H,24,25)(H,21,22,23)/t15-/m0/s1. The van der Waals surface area contributed by atoms with Crippen LogP contribution in [-0.4, -0.2) is 27.1 Å². The number of carbonyl (C=O) groups is 1. The van der Waals surface area contributed by atoms with Crippen molar-refractivity contribution in [2.24, 2.45) is 0 Å². The Morgan fingerprint density at radius 2 is 2.00 bits per heavy atom. The molecule has 26 heavy (non-hydrogen) atoms. The second-order valence-corrected chi connectivity index (χ2v) is 7.82. The van der Waals surface area contributed by atoms with Crippen LogP contribution in [0.25, 0.3) is 10.2 Å². The molecule has 4 rings (SSSR count). The maximum atomic E-state index is 11.9. The van der Waals surface area contributed by atoms with Crippen molar-refractivity contribution in [1.29, 1.82) is 0 Å². The van der Waals surface area contributed by atoms with E-state index in [0.717, 1.165) is 28.6 Å². The van der Waals surface area contributed by atoms with Gasteiger partial charge in [0.1, 0.15) is 22.5 Å². The topological polar surface area (TPSA) is 75.1 Å². The van der Waals surface area contributed by atoms with Gasteiger partial charge in [0.05, 0.1) is 5.39 Å². The van der Waals surface area contributed by atoms with E-state index in [2.05, 4.69) is 15.3 Å². The number of aromatic nitrogens is 2. The van der Waals surface area contributed by atoms with E-state index in [1.165, 1.54) is 23.3 Å². The van der Waals surface area contributed by atoms with Gasteiger partial charge in [-0.05, 0) is 43.7 Å². The van der Waals surface area contributed by atoms with Gasteiger partial charge in [-0.3, -0.25) is 0 Å². The van der Waals surface area contributed by atoms with Gasteiger partial charge in [-0.15, -0.1) is 11.3 Å². The van der Waals surface area contributed by atoms with Gasteiger partial charge in [0.2, 0.25) is 0 Å². The zero-order chi connectivity index (χ0) is 18.1. The molecule has 0 aliphatic heterocycles. The van der Waals surface area contributed by atoms with Crippen LogP contribution in [0.3, 0.4) is 0 Å². The summed E-state index contributed by atoms with van der Waals surface area (Å²) in [7, 11) is 0. The maximum Gasteiger partial charge on any atom is 0.326 e. The van der Waals surface area contributed by atoms with E-state index < -0.39 is 12.0 Å². The summed E-state index contributed by atoms with van der Waals surface area (Å²) in [5.41, 5.74) is 2.30. The van der Waals surface area contributed by atoms with Crippen molar-refractivity contribution in [3.8, 4) is 0 Å². The van der Waals surface area contributed by atoms with Crippen LogP contribution in [-0.2, 0) is 24.1 Å². The Hall–Kier alpha value is -2.47. The van der Waals surface area contributed by atoms with E-state index in [1.807, 2.05) is 37.3 Å². The minimum Gasteiger partial charge on any atom is -0.480 e. The number of benzene rings is 1. The molecular weight excluding hydrogens is 346 g/mol. The predicted molar refractivity (Wildman–Crippen MR) is 104 cm³/mol. The van der Waals surface area contributed by atoms with Crippen LogP contribution in [0.2, 0.25) is 0 Å². The lowest BCUT2D eigenvalue weighted by atomic mass is 9.97. The third-order valence-electron chi connectivity index (χ3n) is 4.82. The molecular formula is C20H21N3O2S. The number of nitrogens with zero attached hydrogens (tertiary/aromatic N) is 2. The Morgan fingerprint density at radius 3 is 2.77 bits per heavy atom. The molecule has 2 heterocycles. The number of rotatable bonds is 5. The highest BCUT2D eigenvalue weighted by Gasteiger charge is 2.24. The summed E-state index contributed by atoms with van der Waals surface area (Å²) >= 11 is 1.73. The normalized spacial score (nSPS) is 14.8. The van der Waals surface area contributed by atoms with Crippen LogP contribution < -0.4 is 5.32 Å². The molecule has 0 radical (unpaired) electrons. The van der Waals surface area contributed by atoms with Gasteiger partial charge >= 0.3 is 5.97 Å². The number of hydrogen-bond donors (Lipinski definition) is 2. The third kappa shape index (κ3) is 3.29. The Labute approximate surface area is 156 Å². The van der Waals surface area contributed by atoms with E-state index in [4.69, 9.17) is 0 Å². The number of hydrogen-bond acceptors (Lipinski definition) is 5. The molecule has 1 atom stereocenters. The van der Waals surface area contributed by atoms with Gasteiger partial charge in [-0.1, -0.05) is 30.3 Å². The average molecular weight is 367 g/mol. The minimum atomic E-state index is -0.873. The molecule has 1 aromatic carbocycles. The van der Waals surface area contributed by atoms with Crippen molar-refractivity contribution >= 4 is 33.3 Å². The van der Waals surface area contributed by atoms with Crippen LogP contribution in [0.5, 0.6) is 0 Å². The number of aliphatic carboxylic acids is 1. The number of thiophene rings is 1. The highest BCUT2D eigenvalue weighted by Crippen LogP contribution is 2.38. The molecule has 1 aliphatic rings. The zero-order valence-corrected chi connectivity index (χ0v) is 15.5. The lowest BCUT2D eigenvalue weighted by Gasteiger charge is -2.17. The maximum absolute atomic E-state index is 11.9. The largest absolute Gasteiger partial charge is 0.480 e. The van der Waals surface area contributed by atoms with Gasteiger partial charge < -0.3 is 10.4 Å². The number of carboxylic acid groups (broad SMARTS) is 1. The first-order chi connectivity index (χ1) is 12.6. The van der Waals surface area contributed by atoms with Crippen LogP contribution in [0.4, 0.5) is 5.82 Å². The predicted octanol–water partition coefficient (Wildman–Crippen LogP) is 3.99. The van der Waals surface area contributed by atoms with Gasteiger partial charge in [-0.2, -0.15) is 0 Å². The van der Waals surface area contributed by atoms with Crippen molar-refractivity contribution in [3.63, 3.8) is 0 Å². The smallest absolute Gasteiger partial charge is 0.326 e. The Kier molecular flexibility index (Phi) is 4.59. The van der Waals surface area contributed by atoms with E-state index in [-0.39, 0.29) is 0 Å². The molecule has 2 aromatic heterocycles. The molecule has 0 fully saturated rings. The molecule has 2 N–H and O–H groups in total. The number of anilines is 1. The fourth-order valence-corrected chi connectivity index (χ4v) is 4.89. The fraction of sp³-hybridized carbons (Fsp3) is 0.350. The average Bonchev–Trinajstić information content (AvgIpc) is 3.00. The molecule has 1 aliphatic carbocycles. The lowest BCUT2D eigenvalue weighted by molar-refractivity contribution is -0.137. The Balaban J connectivity index is 1.72. The first kappa shape index (κ1) is 17.0. The summed E-state index contributed by atoms with van der Waals surface area (Å²) in [6.45, 7) is 1.86. The number of fused-ring (bicyclic) bond motifs is 3. The van der Waals surface area contributed by atoms with Crippen LogP contribution >= 0.6 is 11.3 Å². The minimum absolute atomic E-state index is 0.410. The summed E-state index contributed by atoms with van der Waals surface area (Å²) in [6, 6.07) is 8.96. The van der Waals surface area contributed by atoms with Crippen molar-refractivity contribution < 1.29 is 9.90 Å². The molecule has 3 aromatic rings. The molecule has 0 saturated heterocycles. The summed E-state index contributed by atoms with van der Waals surface area (Å²) in [5, 5.41) is 13.9. The van der Waals surface area contributed by atoms with Crippen molar-refractivity contribution in [1.82, 2.24) is 9.97 Å². The van der Waals surface area contributed by atoms with Crippen molar-refractivity contribution in [2.75, 3.05) is 5.32 Å². The van der Waals surface area contributed by atoms with Crippen molar-refractivity contribution in [3.05, 3.63) is 52.2 Å². The molecule has 134 valence electrons. The van der Waals surface area contributed by atoms with Gasteiger partial charge in [0.15, 0.2) is 0 Å². The van der Waals surface area contributed by atoms with Gasteiger partial charge in [0.25, 0.3) is 0 Å². The Morgan fingerprint density at radius 1 is 1.23 bits per heavy atom. The van der Waals surface area contributed by atoms with Crippen LogP contribution in [0, 0.1) is 6.92 Å². The molecule has 5 nitrogen and oxygen atoms in total. The van der Waals surface area contributed by atoms with E-state index in [1.54, 1.807) is 11.3 Å². The van der Waals surface area contributed by atoms with E-state index in [9.17, 15) is 9.90 Å². The monoisotopic (exact) mass is 367 g/mol. The van der Waals surface area contributed by atoms with E-state index >= 15 is 0 Å². The van der Waals surface area contributed by atoms with Gasteiger partial charge in [-0.25, -0.2) is 14.8 Å². The lowest BCUT2D eigenvalue weighted by Crippen LogP contribution is -2.32.